The van der Waals surface area contributed by atoms with Crippen molar-refractivity contribution in [2.24, 2.45) is 16.3 Å². The van der Waals surface area contributed by atoms with Gasteiger partial charge in [-0.3, -0.25) is 4.79 Å². The van der Waals surface area contributed by atoms with Crippen molar-refractivity contribution >= 4 is 11.7 Å². The molecule has 1 unspecified atom stereocenters. The van der Waals surface area contributed by atoms with Gasteiger partial charge >= 0.3 is 0 Å². The number of carbonyl (C=O) groups is 1. The van der Waals surface area contributed by atoms with Crippen LogP contribution in [-0.4, -0.2) is 34.9 Å². The largest absolute Gasteiger partial charge is 0.409 e. The number of oxime groups is 1. The van der Waals surface area contributed by atoms with Crippen LogP contribution in [0.4, 0.5) is 0 Å². The van der Waals surface area contributed by atoms with E-state index < -0.39 is 5.41 Å². The molecule has 0 saturated carbocycles. The third kappa shape index (κ3) is 2.86. The molecule has 0 spiro atoms. The number of hydrogen-bond donors (Lipinski definition) is 2. The van der Waals surface area contributed by atoms with Gasteiger partial charge in [-0.15, -0.1) is 0 Å². The summed E-state index contributed by atoms with van der Waals surface area (Å²) in [6, 6.07) is 8.30. The molecule has 1 aromatic rings. The van der Waals surface area contributed by atoms with Crippen molar-refractivity contribution in [1.29, 1.82) is 0 Å². The zero-order chi connectivity index (χ0) is 15.5. The highest BCUT2D eigenvalue weighted by atomic mass is 16.4. The maximum Gasteiger partial charge on any atom is 0.236 e. The first-order valence-corrected chi connectivity index (χ1v) is 7.37. The van der Waals surface area contributed by atoms with Gasteiger partial charge in [0.05, 0.1) is 0 Å². The third-order valence-electron chi connectivity index (χ3n) is 4.56. The molecular weight excluding hydrogens is 266 g/mol. The van der Waals surface area contributed by atoms with Gasteiger partial charge in [-0.2, -0.15) is 0 Å². The number of fused-ring (bicyclic) bond motifs is 1. The van der Waals surface area contributed by atoms with Gasteiger partial charge in [0.15, 0.2) is 5.84 Å². The van der Waals surface area contributed by atoms with E-state index in [9.17, 15) is 4.79 Å². The van der Waals surface area contributed by atoms with E-state index in [4.69, 9.17) is 10.9 Å². The minimum atomic E-state index is -0.939. The van der Waals surface area contributed by atoms with E-state index in [0.29, 0.717) is 19.5 Å². The number of amidine groups is 1. The van der Waals surface area contributed by atoms with E-state index in [1.54, 1.807) is 6.92 Å². The van der Waals surface area contributed by atoms with Gasteiger partial charge in [-0.25, -0.2) is 0 Å². The van der Waals surface area contributed by atoms with Crippen LogP contribution in [0.5, 0.6) is 0 Å². The quantitative estimate of drug-likeness (QED) is 0.385. The SMILES string of the molecule is CCC(C)(C(=O)N1CCc2ccccc2CC1)/C(N)=N/O. The van der Waals surface area contributed by atoms with Crippen molar-refractivity contribution in [3.63, 3.8) is 0 Å². The minimum absolute atomic E-state index is 0.0169. The van der Waals surface area contributed by atoms with Crippen LogP contribution in [0.1, 0.15) is 31.4 Å². The van der Waals surface area contributed by atoms with Crippen molar-refractivity contribution in [1.82, 2.24) is 4.90 Å². The van der Waals surface area contributed by atoms with Crippen LogP contribution in [-0.2, 0) is 17.6 Å². The first-order valence-electron chi connectivity index (χ1n) is 7.37. The Labute approximate surface area is 125 Å². The van der Waals surface area contributed by atoms with E-state index in [-0.39, 0.29) is 11.7 Å². The lowest BCUT2D eigenvalue weighted by Gasteiger charge is -2.32. The second-order valence-electron chi connectivity index (χ2n) is 5.73. The first kappa shape index (κ1) is 15.4. The molecule has 0 fully saturated rings. The molecule has 2 rings (SSSR count). The van der Waals surface area contributed by atoms with Crippen molar-refractivity contribution in [3.8, 4) is 0 Å². The molecule has 1 aliphatic rings. The van der Waals surface area contributed by atoms with E-state index in [2.05, 4.69) is 17.3 Å². The fraction of sp³-hybridized carbons (Fsp3) is 0.500. The average Bonchev–Trinajstić information content (AvgIpc) is 2.75. The minimum Gasteiger partial charge on any atom is -0.409 e. The van der Waals surface area contributed by atoms with Crippen LogP contribution in [0, 0.1) is 5.41 Å². The molecule has 0 bridgehead atoms. The number of rotatable bonds is 3. The molecule has 1 aromatic carbocycles. The lowest BCUT2D eigenvalue weighted by molar-refractivity contribution is -0.137. The number of benzene rings is 1. The van der Waals surface area contributed by atoms with Crippen LogP contribution in [0.2, 0.25) is 0 Å². The summed E-state index contributed by atoms with van der Waals surface area (Å²) >= 11 is 0. The van der Waals surface area contributed by atoms with Crippen molar-refractivity contribution in [2.45, 2.75) is 33.1 Å². The fourth-order valence-corrected chi connectivity index (χ4v) is 2.77. The second kappa shape index (κ2) is 6.16. The summed E-state index contributed by atoms with van der Waals surface area (Å²) in [6.45, 7) is 4.96. The molecule has 1 atom stereocenters. The topological polar surface area (TPSA) is 78.9 Å². The van der Waals surface area contributed by atoms with Crippen molar-refractivity contribution < 1.29 is 10.0 Å². The van der Waals surface area contributed by atoms with E-state index in [0.717, 1.165) is 12.8 Å². The highest BCUT2D eigenvalue weighted by Gasteiger charge is 2.39. The molecule has 0 saturated heterocycles. The predicted octanol–water partition coefficient (Wildman–Crippen LogP) is 1.78. The normalized spacial score (nSPS) is 18.6. The Kier molecular flexibility index (Phi) is 4.50. The average molecular weight is 289 g/mol. The van der Waals surface area contributed by atoms with Gasteiger partial charge in [0.2, 0.25) is 5.91 Å². The first-order chi connectivity index (χ1) is 10.0. The fourth-order valence-electron chi connectivity index (χ4n) is 2.77. The predicted molar refractivity (Wildman–Crippen MR) is 82.2 cm³/mol. The Morgan fingerprint density at radius 3 is 2.29 bits per heavy atom. The molecule has 1 heterocycles. The Bertz CT molecular complexity index is 529. The Balaban J connectivity index is 2.19. The lowest BCUT2D eigenvalue weighted by Crippen LogP contribution is -2.50. The summed E-state index contributed by atoms with van der Waals surface area (Å²) in [7, 11) is 0. The van der Waals surface area contributed by atoms with E-state index >= 15 is 0 Å². The summed E-state index contributed by atoms with van der Waals surface area (Å²) in [6.07, 6.45) is 2.20. The summed E-state index contributed by atoms with van der Waals surface area (Å²) in [5.74, 6) is -0.0788. The summed E-state index contributed by atoms with van der Waals surface area (Å²) in [5, 5.41) is 12.0. The van der Waals surface area contributed by atoms with E-state index in [1.165, 1.54) is 11.1 Å². The number of nitrogens with two attached hydrogens (primary N) is 1. The van der Waals surface area contributed by atoms with Crippen LogP contribution in [0.15, 0.2) is 29.4 Å². The monoisotopic (exact) mass is 289 g/mol. The van der Waals surface area contributed by atoms with Gasteiger partial charge in [0, 0.05) is 13.1 Å². The molecule has 114 valence electrons. The van der Waals surface area contributed by atoms with Crippen molar-refractivity contribution in [2.75, 3.05) is 13.1 Å². The van der Waals surface area contributed by atoms with Gasteiger partial charge in [0.1, 0.15) is 5.41 Å². The Hall–Kier alpha value is -2.04. The zero-order valence-corrected chi connectivity index (χ0v) is 12.7. The molecule has 0 radical (unpaired) electrons. The van der Waals surface area contributed by atoms with Gasteiger partial charge in [-0.1, -0.05) is 36.3 Å². The highest BCUT2D eigenvalue weighted by Crippen LogP contribution is 2.26. The molecule has 1 aliphatic heterocycles. The Morgan fingerprint density at radius 1 is 1.33 bits per heavy atom. The summed E-state index contributed by atoms with van der Waals surface area (Å²) < 4.78 is 0. The highest BCUT2D eigenvalue weighted by molar-refractivity contribution is 6.06. The molecule has 5 nitrogen and oxygen atoms in total. The van der Waals surface area contributed by atoms with E-state index in [1.807, 2.05) is 24.0 Å². The molecule has 3 N–H and O–H groups in total. The number of nitrogens with zero attached hydrogens (tertiary/aromatic N) is 2. The number of amides is 1. The summed E-state index contributed by atoms with van der Waals surface area (Å²) in [4.78, 5) is 14.6. The molecule has 21 heavy (non-hydrogen) atoms. The number of carbonyl (C=O) groups excluding carboxylic acids is 1. The van der Waals surface area contributed by atoms with Gasteiger partial charge < -0.3 is 15.8 Å². The molecule has 0 aromatic heterocycles. The van der Waals surface area contributed by atoms with Gasteiger partial charge in [0.25, 0.3) is 0 Å². The maximum absolute atomic E-state index is 12.8. The second-order valence-corrected chi connectivity index (χ2v) is 5.73. The summed E-state index contributed by atoms with van der Waals surface area (Å²) in [5.41, 5.74) is 7.41. The zero-order valence-electron chi connectivity index (χ0n) is 12.7. The van der Waals surface area contributed by atoms with Crippen LogP contribution in [0.3, 0.4) is 0 Å². The molecule has 1 amide bonds. The van der Waals surface area contributed by atoms with Crippen LogP contribution >= 0.6 is 0 Å². The Morgan fingerprint density at radius 2 is 1.86 bits per heavy atom. The number of hydrogen-bond acceptors (Lipinski definition) is 3. The standard InChI is InChI=1S/C16H23N3O2/c1-3-16(2,14(17)18-21)15(20)19-10-8-12-6-4-5-7-13(12)9-11-19/h4-7,21H,3,8-11H2,1-2H3,(H2,17,18). The van der Waals surface area contributed by atoms with Gasteiger partial charge in [-0.05, 0) is 37.3 Å². The van der Waals surface area contributed by atoms with Crippen LogP contribution < -0.4 is 5.73 Å². The molecule has 5 heteroatoms. The molecule has 0 aliphatic carbocycles. The van der Waals surface area contributed by atoms with Crippen molar-refractivity contribution in [3.05, 3.63) is 35.4 Å². The smallest absolute Gasteiger partial charge is 0.236 e. The lowest BCUT2D eigenvalue weighted by atomic mass is 9.84. The van der Waals surface area contributed by atoms with Crippen LogP contribution in [0.25, 0.3) is 0 Å². The molecular formula is C16H23N3O2. The third-order valence-corrected chi connectivity index (χ3v) is 4.56. The maximum atomic E-state index is 12.8.